The van der Waals surface area contributed by atoms with Gasteiger partial charge in [-0.2, -0.15) is 5.10 Å². The molecule has 0 atom stereocenters. The van der Waals surface area contributed by atoms with Gasteiger partial charge in [0.2, 0.25) is 0 Å². The Morgan fingerprint density at radius 2 is 1.72 bits per heavy atom. The smallest absolute Gasteiger partial charge is 0.274 e. The van der Waals surface area contributed by atoms with Gasteiger partial charge in [-0.05, 0) is 43.6 Å². The molecule has 4 rings (SSSR count). The Bertz CT molecular complexity index is 827. The Labute approximate surface area is 174 Å². The van der Waals surface area contributed by atoms with E-state index in [1.807, 2.05) is 15.5 Å². The molecular weight excluding hydrogens is 360 g/mol. The largest absolute Gasteiger partial charge is 0.337 e. The Balaban J connectivity index is 1.62. The highest BCUT2D eigenvalue weighted by Gasteiger charge is 2.22. The van der Waals surface area contributed by atoms with Crippen LogP contribution in [0.25, 0.3) is 5.65 Å². The molecule has 29 heavy (non-hydrogen) atoms. The van der Waals surface area contributed by atoms with Crippen LogP contribution in [0, 0.1) is 11.8 Å². The van der Waals surface area contributed by atoms with Gasteiger partial charge in [-0.15, -0.1) is 0 Å². The summed E-state index contributed by atoms with van der Waals surface area (Å²) in [5, 5.41) is 4.72. The van der Waals surface area contributed by atoms with E-state index in [1.165, 1.54) is 56.3 Å². The lowest BCUT2D eigenvalue weighted by molar-refractivity contribution is 0.0755. The summed E-state index contributed by atoms with van der Waals surface area (Å²) in [4.78, 5) is 20.0. The molecule has 2 aliphatic rings. The van der Waals surface area contributed by atoms with Crippen LogP contribution in [-0.2, 0) is 12.8 Å². The molecule has 0 N–H and O–H groups in total. The van der Waals surface area contributed by atoms with Crippen molar-refractivity contribution >= 4 is 11.6 Å². The van der Waals surface area contributed by atoms with Crippen molar-refractivity contribution in [2.75, 3.05) is 13.1 Å². The van der Waals surface area contributed by atoms with Crippen LogP contribution in [0.2, 0.25) is 0 Å². The average Bonchev–Trinajstić information content (AvgIpc) is 2.94. The van der Waals surface area contributed by atoms with Crippen LogP contribution in [0.1, 0.15) is 93.5 Å². The second-order valence-corrected chi connectivity index (χ2v) is 9.55. The number of aromatic nitrogens is 3. The van der Waals surface area contributed by atoms with E-state index in [0.717, 1.165) is 50.3 Å². The van der Waals surface area contributed by atoms with Gasteiger partial charge < -0.3 is 4.90 Å². The summed E-state index contributed by atoms with van der Waals surface area (Å²) in [7, 11) is 0. The highest BCUT2D eigenvalue weighted by molar-refractivity contribution is 5.93. The van der Waals surface area contributed by atoms with Crippen molar-refractivity contribution in [3.63, 3.8) is 0 Å². The zero-order chi connectivity index (χ0) is 20.2. The molecule has 2 aromatic rings. The molecule has 3 heterocycles. The number of carbonyl (C=O) groups is 1. The summed E-state index contributed by atoms with van der Waals surface area (Å²) in [5.74, 6) is 1.37. The maximum absolute atomic E-state index is 13.1. The van der Waals surface area contributed by atoms with Gasteiger partial charge in [-0.1, -0.05) is 58.8 Å². The van der Waals surface area contributed by atoms with E-state index in [-0.39, 0.29) is 5.91 Å². The Kier molecular flexibility index (Phi) is 6.51. The number of carbonyl (C=O) groups excluding carboxylic acids is 1. The van der Waals surface area contributed by atoms with Crippen LogP contribution in [0.3, 0.4) is 0 Å². The fraction of sp³-hybridized carbons (Fsp3) is 0.708. The first-order valence-electron chi connectivity index (χ1n) is 11.8. The van der Waals surface area contributed by atoms with E-state index in [2.05, 4.69) is 19.9 Å². The fourth-order valence-corrected chi connectivity index (χ4v) is 4.99. The standard InChI is InChI=1S/C24H36N4O/c1-18(2)14-21-16-20(15-19-10-6-5-7-11-19)25-23-17-22(26-28(21)23)24(29)27-12-8-3-4-9-13-27/h16-19H,3-15H2,1-2H3. The van der Waals surface area contributed by atoms with Crippen molar-refractivity contribution in [1.82, 2.24) is 19.5 Å². The second kappa shape index (κ2) is 9.27. The Morgan fingerprint density at radius 1 is 1.03 bits per heavy atom. The molecule has 0 radical (unpaired) electrons. The third-order valence-electron chi connectivity index (χ3n) is 6.51. The number of likely N-dealkylation sites (tertiary alicyclic amines) is 1. The van der Waals surface area contributed by atoms with Gasteiger partial charge in [-0.3, -0.25) is 4.79 Å². The van der Waals surface area contributed by atoms with Crippen molar-refractivity contribution in [3.8, 4) is 0 Å². The average molecular weight is 397 g/mol. The van der Waals surface area contributed by atoms with Crippen LogP contribution in [-0.4, -0.2) is 38.5 Å². The normalized spacial score (nSPS) is 19.1. The topological polar surface area (TPSA) is 50.5 Å². The first-order chi connectivity index (χ1) is 14.1. The molecule has 1 aliphatic carbocycles. The molecule has 1 aliphatic heterocycles. The second-order valence-electron chi connectivity index (χ2n) is 9.55. The van der Waals surface area contributed by atoms with E-state index >= 15 is 0 Å². The van der Waals surface area contributed by atoms with Crippen LogP contribution in [0.4, 0.5) is 0 Å². The monoisotopic (exact) mass is 396 g/mol. The van der Waals surface area contributed by atoms with Gasteiger partial charge in [0.15, 0.2) is 11.3 Å². The lowest BCUT2D eigenvalue weighted by Crippen LogP contribution is -2.32. The summed E-state index contributed by atoms with van der Waals surface area (Å²) in [6.07, 6.45) is 13.4. The fourth-order valence-electron chi connectivity index (χ4n) is 4.99. The number of rotatable bonds is 5. The molecule has 1 amide bonds. The van der Waals surface area contributed by atoms with E-state index in [4.69, 9.17) is 10.1 Å². The number of hydrogen-bond acceptors (Lipinski definition) is 3. The number of amides is 1. The lowest BCUT2D eigenvalue weighted by atomic mass is 9.86. The third kappa shape index (κ3) is 4.99. The molecule has 2 aromatic heterocycles. The maximum atomic E-state index is 13.1. The Morgan fingerprint density at radius 3 is 2.41 bits per heavy atom. The minimum atomic E-state index is 0.0710. The summed E-state index contributed by atoms with van der Waals surface area (Å²) in [5.41, 5.74) is 3.76. The zero-order valence-corrected chi connectivity index (χ0v) is 18.2. The van der Waals surface area contributed by atoms with Crippen molar-refractivity contribution < 1.29 is 4.79 Å². The summed E-state index contributed by atoms with van der Waals surface area (Å²) in [6.45, 7) is 6.18. The van der Waals surface area contributed by atoms with Crippen molar-refractivity contribution in [2.24, 2.45) is 11.8 Å². The van der Waals surface area contributed by atoms with E-state index in [1.54, 1.807) is 0 Å². The zero-order valence-electron chi connectivity index (χ0n) is 18.2. The van der Waals surface area contributed by atoms with E-state index in [9.17, 15) is 4.79 Å². The number of nitrogens with zero attached hydrogens (tertiary/aromatic N) is 4. The lowest BCUT2D eigenvalue weighted by Gasteiger charge is -2.21. The number of fused-ring (bicyclic) bond motifs is 1. The van der Waals surface area contributed by atoms with Crippen LogP contribution >= 0.6 is 0 Å². The molecule has 5 heteroatoms. The highest BCUT2D eigenvalue weighted by Crippen LogP contribution is 2.27. The molecule has 0 unspecified atom stereocenters. The van der Waals surface area contributed by atoms with Crippen molar-refractivity contribution in [1.29, 1.82) is 0 Å². The molecule has 0 spiro atoms. The Hall–Kier alpha value is -1.91. The molecule has 5 nitrogen and oxygen atoms in total. The summed E-state index contributed by atoms with van der Waals surface area (Å²) in [6, 6.07) is 4.16. The molecule has 1 saturated heterocycles. The van der Waals surface area contributed by atoms with Gasteiger partial charge in [0, 0.05) is 30.5 Å². The molecule has 2 fully saturated rings. The van der Waals surface area contributed by atoms with Crippen molar-refractivity contribution in [2.45, 2.75) is 84.5 Å². The van der Waals surface area contributed by atoms with Gasteiger partial charge in [0.25, 0.3) is 5.91 Å². The third-order valence-corrected chi connectivity index (χ3v) is 6.51. The highest BCUT2D eigenvalue weighted by atomic mass is 16.2. The minimum Gasteiger partial charge on any atom is -0.337 e. The molecular formula is C24H36N4O. The molecule has 0 bridgehead atoms. The van der Waals surface area contributed by atoms with Gasteiger partial charge in [0.1, 0.15) is 0 Å². The van der Waals surface area contributed by atoms with Gasteiger partial charge >= 0.3 is 0 Å². The quantitative estimate of drug-likeness (QED) is 0.709. The van der Waals surface area contributed by atoms with Crippen molar-refractivity contribution in [3.05, 3.63) is 29.2 Å². The molecule has 158 valence electrons. The molecule has 1 saturated carbocycles. The van der Waals surface area contributed by atoms with Crippen LogP contribution in [0.15, 0.2) is 12.1 Å². The summed E-state index contributed by atoms with van der Waals surface area (Å²) >= 11 is 0. The van der Waals surface area contributed by atoms with Gasteiger partial charge in [0.05, 0.1) is 0 Å². The van der Waals surface area contributed by atoms with E-state index in [0.29, 0.717) is 11.6 Å². The first-order valence-corrected chi connectivity index (χ1v) is 11.8. The molecule has 0 aromatic carbocycles. The first kappa shape index (κ1) is 20.4. The number of hydrogen-bond donors (Lipinski definition) is 0. The summed E-state index contributed by atoms with van der Waals surface area (Å²) < 4.78 is 1.93. The maximum Gasteiger partial charge on any atom is 0.274 e. The van der Waals surface area contributed by atoms with E-state index < -0.39 is 0 Å². The minimum absolute atomic E-state index is 0.0710. The SMILES string of the molecule is CC(C)Cc1cc(CC2CCCCC2)nc2cc(C(=O)N3CCCCCC3)nn12. The van der Waals surface area contributed by atoms with Crippen LogP contribution < -0.4 is 0 Å². The predicted octanol–water partition coefficient (Wildman–Crippen LogP) is 5.07. The predicted molar refractivity (Wildman–Crippen MR) is 116 cm³/mol. The van der Waals surface area contributed by atoms with Crippen LogP contribution in [0.5, 0.6) is 0 Å². The van der Waals surface area contributed by atoms with Gasteiger partial charge in [-0.25, -0.2) is 9.50 Å².